The van der Waals surface area contributed by atoms with E-state index < -0.39 is 18.6 Å². The van der Waals surface area contributed by atoms with E-state index in [0.29, 0.717) is 13.0 Å². The van der Waals surface area contributed by atoms with Gasteiger partial charge in [-0.1, -0.05) is 12.7 Å². The molecule has 102 valence electrons. The van der Waals surface area contributed by atoms with Crippen LogP contribution in [-0.4, -0.2) is 54.7 Å². The fourth-order valence-electron chi connectivity index (χ4n) is 1.07. The molecule has 7 heteroatoms. The van der Waals surface area contributed by atoms with Gasteiger partial charge in [0.05, 0.1) is 0 Å². The number of carboxylic acids is 1. The number of hydrogen-bond acceptors (Lipinski definition) is 4. The molecule has 0 aromatic heterocycles. The van der Waals surface area contributed by atoms with Crippen molar-refractivity contribution < 1.29 is 24.2 Å². The Balaban J connectivity index is 3.69. The lowest BCUT2D eigenvalue weighted by atomic mass is 10.3. The molecule has 0 aromatic carbocycles. The highest BCUT2D eigenvalue weighted by Gasteiger charge is 2.10. The number of rotatable bonds is 8. The maximum atomic E-state index is 11.3. The summed E-state index contributed by atoms with van der Waals surface area (Å²) < 4.78 is 4.78. The summed E-state index contributed by atoms with van der Waals surface area (Å²) in [7, 11) is 1.56. The zero-order chi connectivity index (χ0) is 14.0. The van der Waals surface area contributed by atoms with Gasteiger partial charge in [0.25, 0.3) is 0 Å². The van der Waals surface area contributed by atoms with Gasteiger partial charge >= 0.3 is 12.1 Å². The summed E-state index contributed by atoms with van der Waals surface area (Å²) in [6, 6.07) is 0. The molecule has 2 amide bonds. The number of hydrogen-bond donors (Lipinski definition) is 2. The first kappa shape index (κ1) is 16.0. The fourth-order valence-corrected chi connectivity index (χ4v) is 1.07. The average molecular weight is 258 g/mol. The number of amides is 2. The molecule has 0 heterocycles. The number of aliphatic carboxylic acids is 1. The Kier molecular flexibility index (Phi) is 8.00. The first-order chi connectivity index (χ1) is 8.47. The van der Waals surface area contributed by atoms with E-state index in [0.717, 1.165) is 0 Å². The van der Waals surface area contributed by atoms with E-state index >= 15 is 0 Å². The molecule has 0 aliphatic rings. The molecule has 2 N–H and O–H groups in total. The normalized spacial score (nSPS) is 9.39. The van der Waals surface area contributed by atoms with Crippen molar-refractivity contribution in [1.29, 1.82) is 0 Å². The predicted molar refractivity (Wildman–Crippen MR) is 64.1 cm³/mol. The quantitative estimate of drug-likeness (QED) is 0.607. The van der Waals surface area contributed by atoms with Crippen LogP contribution in [0.5, 0.6) is 0 Å². The number of nitrogens with zero attached hydrogens (tertiary/aromatic N) is 1. The lowest BCUT2D eigenvalue weighted by Gasteiger charge is -2.15. The highest BCUT2D eigenvalue weighted by Crippen LogP contribution is 1.96. The standard InChI is InChI=1S/C11H18N2O5/c1-3-7-18-11(17)13(2)6-4-5-9(14)12-8-10(15)16/h3H,1,4-8H2,2H3,(H,12,14)(H,15,16). The lowest BCUT2D eigenvalue weighted by molar-refractivity contribution is -0.137. The molecule has 0 unspecified atom stereocenters. The van der Waals surface area contributed by atoms with Crippen LogP contribution in [0.25, 0.3) is 0 Å². The molecule has 0 aliphatic heterocycles. The van der Waals surface area contributed by atoms with Crippen LogP contribution in [0.15, 0.2) is 12.7 Å². The second kappa shape index (κ2) is 9.03. The smallest absolute Gasteiger partial charge is 0.409 e. The predicted octanol–water partition coefficient (Wildman–Crippen LogP) is 0.222. The second-order valence-corrected chi connectivity index (χ2v) is 3.56. The highest BCUT2D eigenvalue weighted by atomic mass is 16.6. The summed E-state index contributed by atoms with van der Waals surface area (Å²) in [5, 5.41) is 10.6. The van der Waals surface area contributed by atoms with Gasteiger partial charge in [0, 0.05) is 20.0 Å². The third-order valence-electron chi connectivity index (χ3n) is 1.97. The molecule has 0 bridgehead atoms. The SMILES string of the molecule is C=CCOC(=O)N(C)CCCC(=O)NCC(=O)O. The first-order valence-corrected chi connectivity index (χ1v) is 5.44. The number of carbonyl (C=O) groups is 3. The molecule has 0 aliphatic carbocycles. The molecule has 0 rings (SSSR count). The Bertz CT molecular complexity index is 317. The van der Waals surface area contributed by atoms with Gasteiger partial charge in [-0.25, -0.2) is 4.79 Å². The van der Waals surface area contributed by atoms with Gasteiger partial charge in [-0.3, -0.25) is 9.59 Å². The average Bonchev–Trinajstić information content (AvgIpc) is 2.33. The minimum Gasteiger partial charge on any atom is -0.480 e. The molecule has 0 saturated carbocycles. The number of nitrogens with one attached hydrogen (secondary N) is 1. The number of carbonyl (C=O) groups excluding carboxylic acids is 2. The van der Waals surface area contributed by atoms with Gasteiger partial charge in [0.15, 0.2) is 0 Å². The largest absolute Gasteiger partial charge is 0.480 e. The van der Waals surface area contributed by atoms with Crippen molar-refractivity contribution in [2.45, 2.75) is 12.8 Å². The van der Waals surface area contributed by atoms with E-state index in [1.54, 1.807) is 7.05 Å². The van der Waals surface area contributed by atoms with Crippen LogP contribution in [0.1, 0.15) is 12.8 Å². The van der Waals surface area contributed by atoms with E-state index in [-0.39, 0.29) is 18.9 Å². The molecule has 0 atom stereocenters. The van der Waals surface area contributed by atoms with Crippen molar-refractivity contribution in [3.05, 3.63) is 12.7 Å². The van der Waals surface area contributed by atoms with Gasteiger partial charge in [0.2, 0.25) is 5.91 Å². The van der Waals surface area contributed by atoms with Gasteiger partial charge in [0.1, 0.15) is 13.2 Å². The number of ether oxygens (including phenoxy) is 1. The van der Waals surface area contributed by atoms with Crippen LogP contribution in [0.3, 0.4) is 0 Å². The second-order valence-electron chi connectivity index (χ2n) is 3.56. The maximum absolute atomic E-state index is 11.3. The van der Waals surface area contributed by atoms with Crippen molar-refractivity contribution in [1.82, 2.24) is 10.2 Å². The minimum atomic E-state index is -1.09. The molecule has 0 spiro atoms. The minimum absolute atomic E-state index is 0.141. The van der Waals surface area contributed by atoms with E-state index in [2.05, 4.69) is 11.9 Å². The molecule has 7 nitrogen and oxygen atoms in total. The summed E-state index contributed by atoms with van der Waals surface area (Å²) in [4.78, 5) is 33.9. The first-order valence-electron chi connectivity index (χ1n) is 5.44. The van der Waals surface area contributed by atoms with Crippen LogP contribution < -0.4 is 5.32 Å². The molecular formula is C11H18N2O5. The summed E-state index contributed by atoms with van der Waals surface area (Å²) in [6.45, 7) is 3.52. The lowest BCUT2D eigenvalue weighted by Crippen LogP contribution is -2.31. The summed E-state index contributed by atoms with van der Waals surface area (Å²) >= 11 is 0. The van der Waals surface area contributed by atoms with E-state index in [1.165, 1.54) is 11.0 Å². The third kappa shape index (κ3) is 8.14. The van der Waals surface area contributed by atoms with E-state index in [1.807, 2.05) is 0 Å². The van der Waals surface area contributed by atoms with Crippen LogP contribution >= 0.6 is 0 Å². The van der Waals surface area contributed by atoms with Crippen molar-refractivity contribution in [2.24, 2.45) is 0 Å². The summed E-state index contributed by atoms with van der Waals surface area (Å²) in [5.41, 5.74) is 0. The maximum Gasteiger partial charge on any atom is 0.409 e. The summed E-state index contributed by atoms with van der Waals surface area (Å²) in [5.74, 6) is -1.45. The van der Waals surface area contributed by atoms with Crippen molar-refractivity contribution in [3.8, 4) is 0 Å². The summed E-state index contributed by atoms with van der Waals surface area (Å²) in [6.07, 6.45) is 1.57. The molecular weight excluding hydrogens is 240 g/mol. The van der Waals surface area contributed by atoms with Gasteiger partial charge < -0.3 is 20.1 Å². The highest BCUT2D eigenvalue weighted by molar-refractivity contribution is 5.81. The Morgan fingerprint density at radius 2 is 2.11 bits per heavy atom. The van der Waals surface area contributed by atoms with Crippen molar-refractivity contribution in [2.75, 3.05) is 26.7 Å². The molecule has 0 saturated heterocycles. The topological polar surface area (TPSA) is 95.9 Å². The Morgan fingerprint density at radius 1 is 1.44 bits per heavy atom. The monoisotopic (exact) mass is 258 g/mol. The molecule has 0 aromatic rings. The molecule has 0 fully saturated rings. The van der Waals surface area contributed by atoms with Crippen LogP contribution in [-0.2, 0) is 14.3 Å². The zero-order valence-electron chi connectivity index (χ0n) is 10.3. The van der Waals surface area contributed by atoms with Crippen LogP contribution in [0.4, 0.5) is 4.79 Å². The Hall–Kier alpha value is -2.05. The van der Waals surface area contributed by atoms with E-state index in [4.69, 9.17) is 9.84 Å². The van der Waals surface area contributed by atoms with Crippen molar-refractivity contribution >= 4 is 18.0 Å². The Labute approximate surface area is 105 Å². The van der Waals surface area contributed by atoms with Gasteiger partial charge in [-0.15, -0.1) is 0 Å². The molecule has 0 radical (unpaired) electrons. The van der Waals surface area contributed by atoms with Crippen molar-refractivity contribution in [3.63, 3.8) is 0 Å². The fraction of sp³-hybridized carbons (Fsp3) is 0.545. The molecule has 18 heavy (non-hydrogen) atoms. The van der Waals surface area contributed by atoms with Crippen LogP contribution in [0.2, 0.25) is 0 Å². The third-order valence-corrected chi connectivity index (χ3v) is 1.97. The Morgan fingerprint density at radius 3 is 2.67 bits per heavy atom. The van der Waals surface area contributed by atoms with Crippen LogP contribution in [0, 0.1) is 0 Å². The number of carboxylic acid groups (broad SMARTS) is 1. The van der Waals surface area contributed by atoms with E-state index in [9.17, 15) is 14.4 Å². The van der Waals surface area contributed by atoms with Gasteiger partial charge in [-0.2, -0.15) is 0 Å². The van der Waals surface area contributed by atoms with Gasteiger partial charge in [-0.05, 0) is 6.42 Å². The zero-order valence-corrected chi connectivity index (χ0v) is 10.3.